The van der Waals surface area contributed by atoms with Crippen LogP contribution in [0.3, 0.4) is 0 Å². The average Bonchev–Trinajstić information content (AvgIpc) is 3.37. The van der Waals surface area contributed by atoms with Crippen molar-refractivity contribution in [2.45, 2.75) is 37.7 Å². The van der Waals surface area contributed by atoms with Crippen molar-refractivity contribution in [3.05, 3.63) is 66.3 Å². The minimum atomic E-state index is -0.316. The van der Waals surface area contributed by atoms with Crippen molar-refractivity contribution >= 4 is 11.8 Å². The molecule has 30 heavy (non-hydrogen) atoms. The maximum Gasteiger partial charge on any atom is 0.247 e. The molecule has 0 radical (unpaired) electrons. The van der Waals surface area contributed by atoms with E-state index < -0.39 is 0 Å². The molecule has 4 aromatic rings. The Bertz CT molecular complexity index is 1130. The van der Waals surface area contributed by atoms with Crippen molar-refractivity contribution in [3.8, 4) is 22.8 Å². The van der Waals surface area contributed by atoms with Gasteiger partial charge in [-0.25, -0.2) is 4.39 Å². The maximum absolute atomic E-state index is 14.4. The molecular formula is C22H22FN5OS. The topological polar surface area (TPSA) is 69.6 Å². The van der Waals surface area contributed by atoms with E-state index in [1.54, 1.807) is 18.2 Å². The molecule has 0 N–H and O–H groups in total. The molecule has 0 aliphatic rings. The highest BCUT2D eigenvalue weighted by Crippen LogP contribution is 2.36. The molecule has 0 bridgehead atoms. The molecule has 6 nitrogen and oxygen atoms in total. The Morgan fingerprint density at radius 2 is 1.67 bits per heavy atom. The molecule has 0 saturated carbocycles. The van der Waals surface area contributed by atoms with Gasteiger partial charge in [-0.3, -0.25) is 0 Å². The molecule has 0 amide bonds. The number of aromatic nitrogens is 5. The van der Waals surface area contributed by atoms with Crippen LogP contribution in [0.1, 0.15) is 31.9 Å². The average molecular weight is 424 g/mol. The molecule has 0 aliphatic heterocycles. The molecule has 0 saturated heterocycles. The van der Waals surface area contributed by atoms with Crippen LogP contribution in [0.5, 0.6) is 0 Å². The van der Waals surface area contributed by atoms with Gasteiger partial charge < -0.3 is 8.98 Å². The predicted octanol–water partition coefficient (Wildman–Crippen LogP) is 5.64. The summed E-state index contributed by atoms with van der Waals surface area (Å²) in [6.45, 7) is 6.86. The summed E-state index contributed by atoms with van der Waals surface area (Å²) in [5, 5.41) is 17.5. The Morgan fingerprint density at radius 3 is 2.40 bits per heavy atom. The van der Waals surface area contributed by atoms with E-state index in [4.69, 9.17) is 4.42 Å². The maximum atomic E-state index is 14.4. The van der Waals surface area contributed by atoms with Gasteiger partial charge in [-0.05, 0) is 37.1 Å². The zero-order chi connectivity index (χ0) is 21.1. The first-order chi connectivity index (χ1) is 14.5. The second-order valence-corrected chi connectivity index (χ2v) is 8.67. The first-order valence-corrected chi connectivity index (χ1v) is 10.6. The second kappa shape index (κ2) is 8.79. The summed E-state index contributed by atoms with van der Waals surface area (Å²) in [5.41, 5.74) is 1.31. The molecule has 4 rings (SSSR count). The Morgan fingerprint density at radius 1 is 0.933 bits per heavy atom. The molecule has 154 valence electrons. The standard InChI is InChI=1S/C22H22FN5OS/c1-14(2)13-28-19(17-11-7-8-12-18(17)23)24-27-22(28)30-15(3)20-25-26-21(29-20)16-9-5-4-6-10-16/h4-12,14-15H,13H2,1-3H3/t15-/m1/s1. The molecular weight excluding hydrogens is 401 g/mol. The van der Waals surface area contributed by atoms with Gasteiger partial charge in [-0.2, -0.15) is 0 Å². The lowest BCUT2D eigenvalue weighted by Crippen LogP contribution is -2.09. The Balaban J connectivity index is 1.61. The van der Waals surface area contributed by atoms with E-state index in [2.05, 4.69) is 34.2 Å². The van der Waals surface area contributed by atoms with Gasteiger partial charge in [0.1, 0.15) is 5.82 Å². The summed E-state index contributed by atoms with van der Waals surface area (Å²) < 4.78 is 22.2. The normalized spacial score (nSPS) is 12.4. The van der Waals surface area contributed by atoms with Crippen LogP contribution in [0.15, 0.2) is 64.2 Å². The third kappa shape index (κ3) is 4.28. The van der Waals surface area contributed by atoms with Crippen molar-refractivity contribution < 1.29 is 8.81 Å². The summed E-state index contributed by atoms with van der Waals surface area (Å²) in [4.78, 5) is 0. The van der Waals surface area contributed by atoms with Gasteiger partial charge in [0.05, 0.1) is 10.8 Å². The molecule has 2 aromatic carbocycles. The minimum absolute atomic E-state index is 0.140. The van der Waals surface area contributed by atoms with Crippen LogP contribution in [-0.2, 0) is 6.54 Å². The Kier molecular flexibility index (Phi) is 5.94. The van der Waals surface area contributed by atoms with E-state index in [1.165, 1.54) is 17.8 Å². The number of hydrogen-bond donors (Lipinski definition) is 0. The van der Waals surface area contributed by atoms with Crippen molar-refractivity contribution in [2.24, 2.45) is 5.92 Å². The van der Waals surface area contributed by atoms with Gasteiger partial charge in [0.25, 0.3) is 0 Å². The lowest BCUT2D eigenvalue weighted by Gasteiger charge is -2.14. The molecule has 1 atom stereocenters. The van der Waals surface area contributed by atoms with Crippen LogP contribution in [0.4, 0.5) is 4.39 Å². The SMILES string of the molecule is CC(C)Cn1c(S[C@H](C)c2nnc(-c3ccccc3)o2)nnc1-c1ccccc1F. The fourth-order valence-corrected chi connectivity index (χ4v) is 3.94. The van der Waals surface area contributed by atoms with Crippen molar-refractivity contribution in [1.29, 1.82) is 0 Å². The first-order valence-electron chi connectivity index (χ1n) is 9.76. The smallest absolute Gasteiger partial charge is 0.247 e. The highest BCUT2D eigenvalue weighted by molar-refractivity contribution is 7.99. The number of halogens is 1. The van der Waals surface area contributed by atoms with Crippen LogP contribution in [0, 0.1) is 11.7 Å². The number of hydrogen-bond acceptors (Lipinski definition) is 6. The predicted molar refractivity (Wildman–Crippen MR) is 114 cm³/mol. The summed E-state index contributed by atoms with van der Waals surface area (Å²) in [7, 11) is 0. The van der Waals surface area contributed by atoms with Crippen molar-refractivity contribution in [3.63, 3.8) is 0 Å². The molecule has 2 aromatic heterocycles. The zero-order valence-electron chi connectivity index (χ0n) is 17.0. The van der Waals surface area contributed by atoms with Crippen LogP contribution >= 0.6 is 11.8 Å². The van der Waals surface area contributed by atoms with Gasteiger partial charge in [-0.1, -0.05) is 55.9 Å². The monoisotopic (exact) mass is 423 g/mol. The molecule has 0 fully saturated rings. The van der Waals surface area contributed by atoms with Crippen LogP contribution in [-0.4, -0.2) is 25.0 Å². The van der Waals surface area contributed by atoms with E-state index in [0.717, 1.165) is 5.56 Å². The quantitative estimate of drug-likeness (QED) is 0.358. The van der Waals surface area contributed by atoms with E-state index >= 15 is 0 Å². The van der Waals surface area contributed by atoms with Gasteiger partial charge in [-0.15, -0.1) is 20.4 Å². The molecule has 8 heteroatoms. The third-order valence-corrected chi connectivity index (χ3v) is 5.54. The lowest BCUT2D eigenvalue weighted by atomic mass is 10.2. The van der Waals surface area contributed by atoms with Crippen molar-refractivity contribution in [1.82, 2.24) is 25.0 Å². The van der Waals surface area contributed by atoms with E-state index in [9.17, 15) is 4.39 Å². The van der Waals surface area contributed by atoms with Gasteiger partial charge >= 0.3 is 0 Å². The highest BCUT2D eigenvalue weighted by atomic mass is 32.2. The van der Waals surface area contributed by atoms with Crippen LogP contribution < -0.4 is 0 Å². The van der Waals surface area contributed by atoms with E-state index in [1.807, 2.05) is 41.8 Å². The zero-order valence-corrected chi connectivity index (χ0v) is 17.8. The Labute approximate surface area is 178 Å². The first kappa shape index (κ1) is 20.3. The minimum Gasteiger partial charge on any atom is -0.419 e. The summed E-state index contributed by atoms with van der Waals surface area (Å²) in [6.07, 6.45) is 0. The second-order valence-electron chi connectivity index (χ2n) is 7.36. The fourth-order valence-electron chi connectivity index (χ4n) is 3.05. The van der Waals surface area contributed by atoms with Gasteiger partial charge in [0.2, 0.25) is 11.8 Å². The summed E-state index contributed by atoms with van der Waals surface area (Å²) in [6, 6.07) is 16.3. The Hall–Kier alpha value is -3.00. The number of nitrogens with zero attached hydrogens (tertiary/aromatic N) is 5. The largest absolute Gasteiger partial charge is 0.419 e. The van der Waals surface area contributed by atoms with Gasteiger partial charge in [0, 0.05) is 12.1 Å². The molecule has 0 aliphatic carbocycles. The summed E-state index contributed by atoms with van der Waals surface area (Å²) in [5.74, 6) is 1.53. The number of thioether (sulfide) groups is 1. The highest BCUT2D eigenvalue weighted by Gasteiger charge is 2.23. The molecule has 0 spiro atoms. The van der Waals surface area contributed by atoms with Crippen LogP contribution in [0.2, 0.25) is 0 Å². The fraction of sp³-hybridized carbons (Fsp3) is 0.273. The van der Waals surface area contributed by atoms with E-state index in [-0.39, 0.29) is 11.1 Å². The lowest BCUT2D eigenvalue weighted by molar-refractivity contribution is 0.492. The molecule has 2 heterocycles. The van der Waals surface area contributed by atoms with Crippen LogP contribution in [0.25, 0.3) is 22.8 Å². The number of benzene rings is 2. The van der Waals surface area contributed by atoms with Gasteiger partial charge in [0.15, 0.2) is 11.0 Å². The van der Waals surface area contributed by atoms with Crippen molar-refractivity contribution in [2.75, 3.05) is 0 Å². The van der Waals surface area contributed by atoms with E-state index in [0.29, 0.717) is 40.8 Å². The summed E-state index contributed by atoms with van der Waals surface area (Å²) >= 11 is 1.47. The number of rotatable bonds is 7. The third-order valence-electron chi connectivity index (χ3n) is 4.47. The molecule has 0 unspecified atom stereocenters.